The summed E-state index contributed by atoms with van der Waals surface area (Å²) in [6, 6.07) is 15.7. The van der Waals surface area contributed by atoms with Crippen molar-refractivity contribution in [2.75, 3.05) is 0 Å². The van der Waals surface area contributed by atoms with Crippen LogP contribution in [0.3, 0.4) is 0 Å². The second-order valence-corrected chi connectivity index (χ2v) is 6.91. The highest BCUT2D eigenvalue weighted by molar-refractivity contribution is 5.91. The SMILES string of the molecule is CCc1ccc(C2=CC(c3ccc4c(c3)nnn4C(C)C)=CC2)cc1. The summed E-state index contributed by atoms with van der Waals surface area (Å²) in [5, 5.41) is 8.61. The lowest BCUT2D eigenvalue weighted by Gasteiger charge is -2.06. The van der Waals surface area contributed by atoms with Crippen LogP contribution in [-0.2, 0) is 6.42 Å². The molecular weight excluding hydrogens is 306 g/mol. The van der Waals surface area contributed by atoms with Gasteiger partial charge in [-0.25, -0.2) is 4.68 Å². The Hall–Kier alpha value is -2.68. The molecule has 4 rings (SSSR count). The first-order valence-corrected chi connectivity index (χ1v) is 9.01. The number of aryl methyl sites for hydroxylation is 1. The van der Waals surface area contributed by atoms with E-state index in [-0.39, 0.29) is 0 Å². The zero-order chi connectivity index (χ0) is 17.4. The third-order valence-electron chi connectivity index (χ3n) is 4.90. The topological polar surface area (TPSA) is 30.7 Å². The van der Waals surface area contributed by atoms with E-state index in [0.717, 1.165) is 23.9 Å². The smallest absolute Gasteiger partial charge is 0.113 e. The molecule has 1 aliphatic carbocycles. The lowest BCUT2D eigenvalue weighted by molar-refractivity contribution is 0.530. The Morgan fingerprint density at radius 2 is 1.80 bits per heavy atom. The molecule has 0 aliphatic heterocycles. The van der Waals surface area contributed by atoms with Crippen LogP contribution >= 0.6 is 0 Å². The Labute approximate surface area is 148 Å². The first-order valence-electron chi connectivity index (χ1n) is 9.01. The van der Waals surface area contributed by atoms with E-state index < -0.39 is 0 Å². The lowest BCUT2D eigenvalue weighted by Crippen LogP contribution is -2.02. The predicted octanol–water partition coefficient (Wildman–Crippen LogP) is 5.45. The van der Waals surface area contributed by atoms with Gasteiger partial charge in [0.05, 0.1) is 5.52 Å². The van der Waals surface area contributed by atoms with Crippen molar-refractivity contribution in [3.63, 3.8) is 0 Å². The minimum absolute atomic E-state index is 0.319. The molecule has 0 N–H and O–H groups in total. The van der Waals surface area contributed by atoms with Crippen molar-refractivity contribution in [2.45, 2.75) is 39.7 Å². The minimum atomic E-state index is 0.319. The highest BCUT2D eigenvalue weighted by atomic mass is 15.4. The van der Waals surface area contributed by atoms with Crippen LogP contribution in [0.4, 0.5) is 0 Å². The lowest BCUT2D eigenvalue weighted by atomic mass is 10.0. The Balaban J connectivity index is 1.63. The molecule has 0 atom stereocenters. The van der Waals surface area contributed by atoms with Crippen LogP contribution in [0.25, 0.3) is 22.2 Å². The number of hydrogen-bond donors (Lipinski definition) is 0. The maximum atomic E-state index is 4.33. The molecule has 1 heterocycles. The summed E-state index contributed by atoms with van der Waals surface area (Å²) in [5.74, 6) is 0. The Morgan fingerprint density at radius 3 is 2.52 bits per heavy atom. The Bertz CT molecular complexity index is 972. The molecule has 0 amide bonds. The minimum Gasteiger partial charge on any atom is -0.242 e. The molecule has 0 radical (unpaired) electrons. The summed E-state index contributed by atoms with van der Waals surface area (Å²) in [6.45, 7) is 6.44. The van der Waals surface area contributed by atoms with Crippen LogP contribution in [-0.4, -0.2) is 15.0 Å². The monoisotopic (exact) mass is 329 g/mol. The van der Waals surface area contributed by atoms with Crippen LogP contribution < -0.4 is 0 Å². The highest BCUT2D eigenvalue weighted by Gasteiger charge is 2.13. The van der Waals surface area contributed by atoms with Gasteiger partial charge in [0.1, 0.15) is 5.52 Å². The van der Waals surface area contributed by atoms with Gasteiger partial charge in [-0.2, -0.15) is 0 Å². The van der Waals surface area contributed by atoms with Crippen LogP contribution in [0.5, 0.6) is 0 Å². The third kappa shape index (κ3) is 2.91. The van der Waals surface area contributed by atoms with Gasteiger partial charge >= 0.3 is 0 Å². The summed E-state index contributed by atoms with van der Waals surface area (Å²) in [4.78, 5) is 0. The number of hydrogen-bond acceptors (Lipinski definition) is 2. The highest BCUT2D eigenvalue weighted by Crippen LogP contribution is 2.33. The van der Waals surface area contributed by atoms with Gasteiger partial charge in [0.15, 0.2) is 0 Å². The zero-order valence-electron chi connectivity index (χ0n) is 15.0. The van der Waals surface area contributed by atoms with Gasteiger partial charge in [-0.1, -0.05) is 54.6 Å². The fourth-order valence-corrected chi connectivity index (χ4v) is 3.39. The van der Waals surface area contributed by atoms with Crippen molar-refractivity contribution < 1.29 is 0 Å². The molecule has 3 heteroatoms. The van der Waals surface area contributed by atoms with E-state index in [2.05, 4.69) is 85.7 Å². The average molecular weight is 329 g/mol. The average Bonchev–Trinajstić information content (AvgIpc) is 3.28. The fourth-order valence-electron chi connectivity index (χ4n) is 3.39. The van der Waals surface area contributed by atoms with E-state index in [1.54, 1.807) is 0 Å². The quantitative estimate of drug-likeness (QED) is 0.637. The molecule has 0 spiro atoms. The summed E-state index contributed by atoms with van der Waals surface area (Å²) < 4.78 is 1.97. The van der Waals surface area contributed by atoms with Crippen molar-refractivity contribution >= 4 is 22.2 Å². The molecule has 0 fully saturated rings. The Kier molecular flexibility index (Phi) is 4.00. The molecule has 0 bridgehead atoms. The van der Waals surface area contributed by atoms with E-state index in [1.807, 2.05) is 4.68 Å². The van der Waals surface area contributed by atoms with Gasteiger partial charge in [0.25, 0.3) is 0 Å². The number of rotatable bonds is 4. The number of aromatic nitrogens is 3. The number of allylic oxidation sites excluding steroid dienone is 4. The number of nitrogens with zero attached hydrogens (tertiary/aromatic N) is 3. The summed E-state index contributed by atoms with van der Waals surface area (Å²) in [7, 11) is 0. The molecular formula is C22H23N3. The van der Waals surface area contributed by atoms with Crippen molar-refractivity contribution in [1.82, 2.24) is 15.0 Å². The molecule has 2 aromatic carbocycles. The van der Waals surface area contributed by atoms with E-state index >= 15 is 0 Å². The predicted molar refractivity (Wildman–Crippen MR) is 104 cm³/mol. The van der Waals surface area contributed by atoms with Gasteiger partial charge in [0.2, 0.25) is 0 Å². The molecule has 3 nitrogen and oxygen atoms in total. The van der Waals surface area contributed by atoms with Gasteiger partial charge in [0, 0.05) is 6.04 Å². The largest absolute Gasteiger partial charge is 0.242 e. The summed E-state index contributed by atoms with van der Waals surface area (Å²) in [5.41, 5.74) is 8.62. The first-order chi connectivity index (χ1) is 12.2. The van der Waals surface area contributed by atoms with Crippen LogP contribution in [0.1, 0.15) is 49.9 Å². The molecule has 126 valence electrons. The molecule has 0 saturated carbocycles. The van der Waals surface area contributed by atoms with E-state index in [4.69, 9.17) is 0 Å². The number of fused-ring (bicyclic) bond motifs is 1. The van der Waals surface area contributed by atoms with E-state index in [0.29, 0.717) is 6.04 Å². The van der Waals surface area contributed by atoms with Gasteiger partial charge in [-0.05, 0) is 66.7 Å². The molecule has 25 heavy (non-hydrogen) atoms. The van der Waals surface area contributed by atoms with Gasteiger partial charge < -0.3 is 0 Å². The maximum Gasteiger partial charge on any atom is 0.113 e. The van der Waals surface area contributed by atoms with Crippen molar-refractivity contribution in [3.8, 4) is 0 Å². The maximum absolute atomic E-state index is 4.33. The standard InChI is InChI=1S/C22H23N3/c1-4-16-5-7-17(8-6-16)18-9-10-19(13-18)20-11-12-22-21(14-20)23-24-25(22)15(2)3/h5-8,10-15H,4,9H2,1-3H3. The van der Waals surface area contributed by atoms with Crippen molar-refractivity contribution in [1.29, 1.82) is 0 Å². The van der Waals surface area contributed by atoms with Crippen LogP contribution in [0.2, 0.25) is 0 Å². The molecule has 1 aromatic heterocycles. The van der Waals surface area contributed by atoms with Crippen LogP contribution in [0.15, 0.2) is 54.6 Å². The van der Waals surface area contributed by atoms with E-state index in [9.17, 15) is 0 Å². The molecule has 0 unspecified atom stereocenters. The Morgan fingerprint density at radius 1 is 1.04 bits per heavy atom. The van der Waals surface area contributed by atoms with E-state index in [1.165, 1.54) is 27.8 Å². The van der Waals surface area contributed by atoms with Crippen LogP contribution in [0, 0.1) is 0 Å². The number of benzene rings is 2. The fraction of sp³-hybridized carbons (Fsp3) is 0.273. The second-order valence-electron chi connectivity index (χ2n) is 6.91. The summed E-state index contributed by atoms with van der Waals surface area (Å²) >= 11 is 0. The van der Waals surface area contributed by atoms with Gasteiger partial charge in [-0.15, -0.1) is 5.10 Å². The molecule has 1 aliphatic rings. The second kappa shape index (κ2) is 6.32. The van der Waals surface area contributed by atoms with Crippen molar-refractivity contribution in [3.05, 3.63) is 71.3 Å². The van der Waals surface area contributed by atoms with Gasteiger partial charge in [-0.3, -0.25) is 0 Å². The third-order valence-corrected chi connectivity index (χ3v) is 4.90. The molecule has 3 aromatic rings. The zero-order valence-corrected chi connectivity index (χ0v) is 15.0. The molecule has 0 saturated heterocycles. The summed E-state index contributed by atoms with van der Waals surface area (Å²) in [6.07, 6.45) is 6.67. The normalized spacial score (nSPS) is 14.2. The van der Waals surface area contributed by atoms with Crippen molar-refractivity contribution in [2.24, 2.45) is 0 Å². The first kappa shape index (κ1) is 15.8.